The van der Waals surface area contributed by atoms with Crippen molar-refractivity contribution in [3.8, 4) is 0 Å². The van der Waals surface area contributed by atoms with E-state index in [1.54, 1.807) is 0 Å². The van der Waals surface area contributed by atoms with Crippen molar-refractivity contribution in [2.45, 2.75) is 46.1 Å². The Morgan fingerprint density at radius 1 is 1.13 bits per heavy atom. The highest BCUT2D eigenvalue weighted by molar-refractivity contribution is 5.79. The molecule has 0 radical (unpaired) electrons. The van der Waals surface area contributed by atoms with Crippen molar-refractivity contribution in [3.05, 3.63) is 34.9 Å². The molecule has 1 heterocycles. The molecule has 0 unspecified atom stereocenters. The van der Waals surface area contributed by atoms with E-state index < -0.39 is 0 Å². The number of hydrogen-bond acceptors (Lipinski definition) is 2. The molecular formula is C19H32N4. The fourth-order valence-corrected chi connectivity index (χ4v) is 3.12. The highest BCUT2D eigenvalue weighted by Gasteiger charge is 2.10. The molecule has 0 aliphatic carbocycles. The minimum Gasteiger partial charge on any atom is -0.356 e. The summed E-state index contributed by atoms with van der Waals surface area (Å²) in [4.78, 5) is 6.89. The first kappa shape index (κ1) is 17.8. The number of guanidine groups is 1. The van der Waals surface area contributed by atoms with Crippen LogP contribution in [0.4, 0.5) is 0 Å². The molecule has 0 amide bonds. The second-order valence-electron chi connectivity index (χ2n) is 6.54. The summed E-state index contributed by atoms with van der Waals surface area (Å²) in [5.74, 6) is 0.895. The standard InChI is InChI=1S/C19H32N4/c1-16-8-9-18(17(2)14-16)15-22-19(20-3)21-10-4-5-11-23-12-6-7-13-23/h8-9,14H,4-7,10-13,15H2,1-3H3,(H2,20,21,22). The lowest BCUT2D eigenvalue weighted by molar-refractivity contribution is 0.330. The molecule has 1 aliphatic heterocycles. The van der Waals surface area contributed by atoms with E-state index in [0.29, 0.717) is 0 Å². The van der Waals surface area contributed by atoms with E-state index in [-0.39, 0.29) is 0 Å². The Morgan fingerprint density at radius 3 is 2.61 bits per heavy atom. The molecule has 1 saturated heterocycles. The van der Waals surface area contributed by atoms with E-state index in [4.69, 9.17) is 0 Å². The largest absolute Gasteiger partial charge is 0.356 e. The van der Waals surface area contributed by atoms with Gasteiger partial charge in [0.05, 0.1) is 0 Å². The van der Waals surface area contributed by atoms with E-state index >= 15 is 0 Å². The van der Waals surface area contributed by atoms with Gasteiger partial charge in [-0.15, -0.1) is 0 Å². The Hall–Kier alpha value is -1.55. The summed E-state index contributed by atoms with van der Waals surface area (Å²) in [7, 11) is 1.83. The van der Waals surface area contributed by atoms with Crippen molar-refractivity contribution in [2.24, 2.45) is 4.99 Å². The fourth-order valence-electron chi connectivity index (χ4n) is 3.12. The summed E-state index contributed by atoms with van der Waals surface area (Å²) in [5.41, 5.74) is 3.97. The lowest BCUT2D eigenvalue weighted by Gasteiger charge is -2.15. The van der Waals surface area contributed by atoms with Crippen LogP contribution in [0.3, 0.4) is 0 Å². The maximum absolute atomic E-state index is 4.31. The lowest BCUT2D eigenvalue weighted by atomic mass is 10.1. The number of nitrogens with zero attached hydrogens (tertiary/aromatic N) is 2. The van der Waals surface area contributed by atoms with Crippen molar-refractivity contribution in [1.29, 1.82) is 0 Å². The minimum absolute atomic E-state index is 0.819. The van der Waals surface area contributed by atoms with Crippen molar-refractivity contribution < 1.29 is 0 Å². The topological polar surface area (TPSA) is 39.7 Å². The van der Waals surface area contributed by atoms with Gasteiger partial charge in [-0.3, -0.25) is 4.99 Å². The zero-order chi connectivity index (χ0) is 16.5. The first-order valence-electron chi connectivity index (χ1n) is 8.92. The highest BCUT2D eigenvalue weighted by Crippen LogP contribution is 2.10. The number of likely N-dealkylation sites (tertiary alicyclic amines) is 1. The molecule has 0 aromatic heterocycles. The van der Waals surface area contributed by atoms with Crippen LogP contribution in [0.5, 0.6) is 0 Å². The van der Waals surface area contributed by atoms with Crippen molar-refractivity contribution in [2.75, 3.05) is 33.2 Å². The summed E-state index contributed by atoms with van der Waals surface area (Å²) in [5, 5.41) is 6.82. The molecule has 1 aliphatic rings. The molecule has 0 bridgehead atoms. The molecule has 1 aromatic carbocycles. The average Bonchev–Trinajstić information content (AvgIpc) is 3.05. The Balaban J connectivity index is 1.63. The molecule has 4 nitrogen and oxygen atoms in total. The predicted octanol–water partition coefficient (Wildman–Crippen LogP) is 2.84. The van der Waals surface area contributed by atoms with Crippen molar-refractivity contribution >= 4 is 5.96 Å². The van der Waals surface area contributed by atoms with E-state index in [1.807, 2.05) is 7.05 Å². The quantitative estimate of drug-likeness (QED) is 0.462. The molecule has 2 rings (SSSR count). The Labute approximate surface area is 141 Å². The van der Waals surface area contributed by atoms with Crippen LogP contribution < -0.4 is 10.6 Å². The number of rotatable bonds is 7. The van der Waals surface area contributed by atoms with Gasteiger partial charge in [-0.2, -0.15) is 0 Å². The van der Waals surface area contributed by atoms with Gasteiger partial charge in [0.15, 0.2) is 5.96 Å². The van der Waals surface area contributed by atoms with E-state index in [1.165, 1.54) is 62.0 Å². The van der Waals surface area contributed by atoms with Gasteiger partial charge < -0.3 is 15.5 Å². The minimum atomic E-state index is 0.819. The zero-order valence-electron chi connectivity index (χ0n) is 15.0. The third kappa shape index (κ3) is 6.22. The molecule has 0 saturated carbocycles. The van der Waals surface area contributed by atoms with Gasteiger partial charge >= 0.3 is 0 Å². The smallest absolute Gasteiger partial charge is 0.191 e. The van der Waals surface area contributed by atoms with Gasteiger partial charge in [-0.25, -0.2) is 0 Å². The monoisotopic (exact) mass is 316 g/mol. The van der Waals surface area contributed by atoms with Crippen LogP contribution in [-0.4, -0.2) is 44.1 Å². The number of nitrogens with one attached hydrogen (secondary N) is 2. The maximum Gasteiger partial charge on any atom is 0.191 e. The molecule has 1 aromatic rings. The van der Waals surface area contributed by atoms with Crippen LogP contribution in [0, 0.1) is 13.8 Å². The maximum atomic E-state index is 4.31. The molecule has 1 fully saturated rings. The Kier molecular flexibility index (Phi) is 7.40. The van der Waals surface area contributed by atoms with Crippen LogP contribution in [-0.2, 0) is 6.54 Å². The molecule has 128 valence electrons. The van der Waals surface area contributed by atoms with Gasteiger partial charge in [0.25, 0.3) is 0 Å². The van der Waals surface area contributed by atoms with Crippen LogP contribution in [0.15, 0.2) is 23.2 Å². The van der Waals surface area contributed by atoms with Gasteiger partial charge in [-0.05, 0) is 70.3 Å². The number of aryl methyl sites for hydroxylation is 2. The molecule has 4 heteroatoms. The Morgan fingerprint density at radius 2 is 1.91 bits per heavy atom. The zero-order valence-corrected chi connectivity index (χ0v) is 15.0. The third-order valence-corrected chi connectivity index (χ3v) is 4.56. The van der Waals surface area contributed by atoms with Crippen LogP contribution >= 0.6 is 0 Å². The fraction of sp³-hybridized carbons (Fsp3) is 0.632. The summed E-state index contributed by atoms with van der Waals surface area (Å²) in [6, 6.07) is 6.59. The second-order valence-corrected chi connectivity index (χ2v) is 6.54. The van der Waals surface area contributed by atoms with E-state index in [0.717, 1.165) is 19.0 Å². The lowest BCUT2D eigenvalue weighted by Crippen LogP contribution is -2.37. The molecule has 0 atom stereocenters. The number of hydrogen-bond donors (Lipinski definition) is 2. The second kappa shape index (κ2) is 9.56. The van der Waals surface area contributed by atoms with Gasteiger partial charge in [0.2, 0.25) is 0 Å². The SMILES string of the molecule is CN=C(NCCCCN1CCCC1)NCc1ccc(C)cc1C. The number of benzene rings is 1. The van der Waals surface area contributed by atoms with E-state index in [2.05, 4.69) is 52.6 Å². The average molecular weight is 316 g/mol. The molecule has 23 heavy (non-hydrogen) atoms. The highest BCUT2D eigenvalue weighted by atomic mass is 15.2. The van der Waals surface area contributed by atoms with Crippen LogP contribution in [0.2, 0.25) is 0 Å². The first-order valence-corrected chi connectivity index (χ1v) is 8.92. The normalized spacial score (nSPS) is 15.9. The summed E-state index contributed by atoms with van der Waals surface area (Å²) in [6.07, 6.45) is 5.22. The number of aliphatic imine (C=N–C) groups is 1. The van der Waals surface area contributed by atoms with Crippen LogP contribution in [0.25, 0.3) is 0 Å². The summed E-state index contributed by atoms with van der Waals surface area (Å²) < 4.78 is 0. The van der Waals surface area contributed by atoms with E-state index in [9.17, 15) is 0 Å². The third-order valence-electron chi connectivity index (χ3n) is 4.56. The van der Waals surface area contributed by atoms with Gasteiger partial charge in [0.1, 0.15) is 0 Å². The van der Waals surface area contributed by atoms with Crippen molar-refractivity contribution in [3.63, 3.8) is 0 Å². The number of unbranched alkanes of at least 4 members (excludes halogenated alkanes) is 1. The summed E-state index contributed by atoms with van der Waals surface area (Å²) >= 11 is 0. The van der Waals surface area contributed by atoms with Gasteiger partial charge in [0, 0.05) is 20.1 Å². The Bertz CT molecular complexity index is 504. The molecular weight excluding hydrogens is 284 g/mol. The van der Waals surface area contributed by atoms with Crippen LogP contribution in [0.1, 0.15) is 42.4 Å². The molecule has 0 spiro atoms. The predicted molar refractivity (Wildman–Crippen MR) is 99.0 cm³/mol. The summed E-state index contributed by atoms with van der Waals surface area (Å²) in [6.45, 7) is 9.95. The molecule has 2 N–H and O–H groups in total. The van der Waals surface area contributed by atoms with Crippen molar-refractivity contribution in [1.82, 2.24) is 15.5 Å². The first-order chi connectivity index (χ1) is 11.2. The van der Waals surface area contributed by atoms with Gasteiger partial charge in [-0.1, -0.05) is 23.8 Å².